The van der Waals surface area contributed by atoms with Crippen molar-refractivity contribution in [1.82, 2.24) is 0 Å². The van der Waals surface area contributed by atoms with Crippen molar-refractivity contribution >= 4 is 11.8 Å². The van der Waals surface area contributed by atoms with Gasteiger partial charge in [0.25, 0.3) is 0 Å². The molecule has 0 aromatic carbocycles. The van der Waals surface area contributed by atoms with Crippen molar-refractivity contribution in [3.8, 4) is 0 Å². The predicted octanol–water partition coefficient (Wildman–Crippen LogP) is 4.44. The Bertz CT molecular complexity index is 219. The molecule has 6 heteroatoms. The Labute approximate surface area is 89.9 Å². The van der Waals surface area contributed by atoms with Crippen LogP contribution in [0.5, 0.6) is 0 Å². The van der Waals surface area contributed by atoms with Crippen molar-refractivity contribution in [2.24, 2.45) is 0 Å². The van der Waals surface area contributed by atoms with Gasteiger partial charge in [0, 0.05) is 17.1 Å². The van der Waals surface area contributed by atoms with Crippen molar-refractivity contribution in [3.63, 3.8) is 0 Å². The van der Waals surface area contributed by atoms with Crippen LogP contribution in [0, 0.1) is 5.75 Å². The maximum absolute atomic E-state index is 12.6. The minimum Gasteiger partial charge on any atom is -0.191 e. The molecule has 0 heterocycles. The lowest BCUT2D eigenvalue weighted by atomic mass is 10.1. The van der Waals surface area contributed by atoms with Gasteiger partial charge in [-0.25, -0.2) is 0 Å². The monoisotopic (exact) mass is 247 g/mol. The first-order valence-corrected chi connectivity index (χ1v) is 5.33. The molecule has 89 valence electrons. The Hall–Kier alpha value is -0.260. The zero-order valence-electron chi connectivity index (χ0n) is 8.37. The fourth-order valence-electron chi connectivity index (χ4n) is 0.711. The Balaban J connectivity index is 4.35. The summed E-state index contributed by atoms with van der Waals surface area (Å²) in [5.41, 5.74) is -0.952. The van der Waals surface area contributed by atoms with E-state index >= 15 is 0 Å². The molecule has 0 aromatic heterocycles. The van der Waals surface area contributed by atoms with Gasteiger partial charge in [0.05, 0.1) is 0 Å². The van der Waals surface area contributed by atoms with Crippen LogP contribution in [0.3, 0.4) is 0 Å². The van der Waals surface area contributed by atoms with Gasteiger partial charge in [-0.2, -0.15) is 33.7 Å². The first-order valence-electron chi connectivity index (χ1n) is 4.28. The molecule has 0 N–H and O–H groups in total. The SMILES string of the molecule is CC[CH]SC/C=C(\C)C(F)(F)C(F)(F)F. The number of thioether (sulfide) groups is 1. The van der Waals surface area contributed by atoms with Gasteiger partial charge in [0.1, 0.15) is 0 Å². The number of hydrogen-bond acceptors (Lipinski definition) is 1. The van der Waals surface area contributed by atoms with Crippen LogP contribution in [0.4, 0.5) is 22.0 Å². The van der Waals surface area contributed by atoms with Crippen LogP contribution in [-0.4, -0.2) is 17.9 Å². The van der Waals surface area contributed by atoms with E-state index in [1.807, 2.05) is 6.92 Å². The molecule has 0 aliphatic heterocycles. The number of alkyl halides is 5. The highest BCUT2D eigenvalue weighted by molar-refractivity contribution is 8.01. The molecule has 0 aromatic rings. The summed E-state index contributed by atoms with van der Waals surface area (Å²) < 4.78 is 60.8. The smallest absolute Gasteiger partial charge is 0.191 e. The fraction of sp³-hybridized carbons (Fsp3) is 0.667. The first kappa shape index (κ1) is 14.7. The quantitative estimate of drug-likeness (QED) is 0.393. The summed E-state index contributed by atoms with van der Waals surface area (Å²) >= 11 is 1.21. The van der Waals surface area contributed by atoms with E-state index in [-0.39, 0.29) is 5.75 Å². The zero-order valence-corrected chi connectivity index (χ0v) is 9.18. The maximum atomic E-state index is 12.6. The summed E-state index contributed by atoms with van der Waals surface area (Å²) in [6.07, 6.45) is -3.86. The van der Waals surface area contributed by atoms with Gasteiger partial charge in [-0.3, -0.25) is 0 Å². The predicted molar refractivity (Wildman–Crippen MR) is 51.8 cm³/mol. The van der Waals surface area contributed by atoms with Gasteiger partial charge < -0.3 is 0 Å². The number of rotatable bonds is 5. The first-order chi connectivity index (χ1) is 6.73. The van der Waals surface area contributed by atoms with E-state index in [2.05, 4.69) is 0 Å². The van der Waals surface area contributed by atoms with Crippen LogP contribution in [0.15, 0.2) is 11.6 Å². The molecule has 0 spiro atoms. The van der Waals surface area contributed by atoms with E-state index in [1.165, 1.54) is 11.8 Å². The molecule has 0 aliphatic rings. The lowest BCUT2D eigenvalue weighted by Crippen LogP contribution is -2.37. The minimum absolute atomic E-state index is 0.130. The van der Waals surface area contributed by atoms with Crippen LogP contribution in [0.25, 0.3) is 0 Å². The van der Waals surface area contributed by atoms with Gasteiger partial charge >= 0.3 is 12.1 Å². The molecule has 0 saturated carbocycles. The molecule has 0 atom stereocenters. The summed E-state index contributed by atoms with van der Waals surface area (Å²) in [5.74, 6) is -2.85. The molecule has 0 nitrogen and oxygen atoms in total. The second kappa shape index (κ2) is 5.72. The molecule has 0 unspecified atom stereocenters. The Morgan fingerprint density at radius 2 is 1.73 bits per heavy atom. The number of allylic oxidation sites excluding steroid dienone is 1. The molecule has 0 fully saturated rings. The second-order valence-corrected chi connectivity index (χ2v) is 3.87. The van der Waals surface area contributed by atoms with Gasteiger partial charge in [0.15, 0.2) is 0 Å². The maximum Gasteiger partial charge on any atom is 0.457 e. The normalized spacial score (nSPS) is 14.5. The highest BCUT2D eigenvalue weighted by atomic mass is 32.2. The summed E-state index contributed by atoms with van der Waals surface area (Å²) in [6, 6.07) is 0. The summed E-state index contributed by atoms with van der Waals surface area (Å²) in [4.78, 5) is 0. The van der Waals surface area contributed by atoms with E-state index in [0.29, 0.717) is 0 Å². The van der Waals surface area contributed by atoms with Crippen molar-refractivity contribution in [1.29, 1.82) is 0 Å². The topological polar surface area (TPSA) is 0 Å². The van der Waals surface area contributed by atoms with Crippen LogP contribution in [0.2, 0.25) is 0 Å². The van der Waals surface area contributed by atoms with Crippen molar-refractivity contribution < 1.29 is 22.0 Å². The number of hydrogen-bond donors (Lipinski definition) is 0. The molecule has 0 bridgehead atoms. The van der Waals surface area contributed by atoms with E-state index < -0.39 is 17.7 Å². The number of halogens is 5. The summed E-state index contributed by atoms with van der Waals surface area (Å²) in [5, 5.41) is 0. The molecule has 0 saturated heterocycles. The fourth-order valence-corrected chi connectivity index (χ4v) is 1.43. The average molecular weight is 247 g/mol. The summed E-state index contributed by atoms with van der Waals surface area (Å²) in [7, 11) is 0. The van der Waals surface area contributed by atoms with Gasteiger partial charge in [-0.05, 0) is 13.3 Å². The third kappa shape index (κ3) is 4.40. The highest BCUT2D eigenvalue weighted by Crippen LogP contribution is 2.40. The molecule has 1 radical (unpaired) electrons. The van der Waals surface area contributed by atoms with E-state index in [9.17, 15) is 22.0 Å². The lowest BCUT2D eigenvalue weighted by molar-refractivity contribution is -0.264. The van der Waals surface area contributed by atoms with E-state index in [1.54, 1.807) is 5.75 Å². The second-order valence-electron chi connectivity index (χ2n) is 2.87. The van der Waals surface area contributed by atoms with E-state index in [4.69, 9.17) is 0 Å². The minimum atomic E-state index is -5.51. The largest absolute Gasteiger partial charge is 0.457 e. The van der Waals surface area contributed by atoms with Crippen molar-refractivity contribution in [3.05, 3.63) is 17.4 Å². The van der Waals surface area contributed by atoms with Crippen LogP contribution < -0.4 is 0 Å². The van der Waals surface area contributed by atoms with Crippen molar-refractivity contribution in [2.45, 2.75) is 32.4 Å². The van der Waals surface area contributed by atoms with Gasteiger partial charge in [0.2, 0.25) is 0 Å². The Morgan fingerprint density at radius 3 is 2.13 bits per heavy atom. The molecular weight excluding hydrogens is 235 g/mol. The van der Waals surface area contributed by atoms with Crippen LogP contribution in [-0.2, 0) is 0 Å². The van der Waals surface area contributed by atoms with Crippen LogP contribution in [0.1, 0.15) is 20.3 Å². The third-order valence-corrected chi connectivity index (χ3v) is 2.55. The zero-order chi connectivity index (χ0) is 12.1. The van der Waals surface area contributed by atoms with Gasteiger partial charge in [-0.15, -0.1) is 0 Å². The molecule has 0 amide bonds. The molecule has 0 aliphatic carbocycles. The average Bonchev–Trinajstić information content (AvgIpc) is 2.10. The molecular formula is C9H12F5S. The lowest BCUT2D eigenvalue weighted by Gasteiger charge is -2.20. The Kier molecular flexibility index (Phi) is 5.62. The molecule has 15 heavy (non-hydrogen) atoms. The molecule has 0 rings (SSSR count). The summed E-state index contributed by atoms with van der Waals surface area (Å²) in [6.45, 7) is 2.65. The van der Waals surface area contributed by atoms with Crippen molar-refractivity contribution in [2.75, 3.05) is 5.75 Å². The van der Waals surface area contributed by atoms with Crippen LogP contribution >= 0.6 is 11.8 Å². The highest BCUT2D eigenvalue weighted by Gasteiger charge is 2.58. The Morgan fingerprint density at radius 1 is 1.20 bits per heavy atom. The van der Waals surface area contributed by atoms with Gasteiger partial charge in [-0.1, -0.05) is 13.0 Å². The standard InChI is InChI=1S/C9H12F5S/c1-3-5-15-6-4-7(2)8(10,11)9(12,13)14/h4-5H,3,6H2,1-2H3/b7-4+. The van der Waals surface area contributed by atoms with E-state index in [0.717, 1.165) is 19.4 Å². The third-order valence-electron chi connectivity index (χ3n) is 1.62.